The predicted molar refractivity (Wildman–Crippen MR) is 53.2 cm³/mol. The number of rotatable bonds is 0. The SMILES string of the molecule is CC(=O)N1C2(CCC13CNC3=O)CNC2=O. The number of likely N-dealkylation sites (tertiary alicyclic amines) is 1. The summed E-state index contributed by atoms with van der Waals surface area (Å²) in [7, 11) is 0. The van der Waals surface area contributed by atoms with E-state index in [4.69, 9.17) is 0 Å². The van der Waals surface area contributed by atoms with Gasteiger partial charge in [0.25, 0.3) is 0 Å². The van der Waals surface area contributed by atoms with E-state index in [0.717, 1.165) is 0 Å². The van der Waals surface area contributed by atoms with E-state index >= 15 is 0 Å². The highest BCUT2D eigenvalue weighted by atomic mass is 16.2. The summed E-state index contributed by atoms with van der Waals surface area (Å²) >= 11 is 0. The minimum atomic E-state index is -0.746. The van der Waals surface area contributed by atoms with Gasteiger partial charge in [-0.25, -0.2) is 0 Å². The molecule has 2 N–H and O–H groups in total. The van der Waals surface area contributed by atoms with Crippen molar-refractivity contribution in [2.24, 2.45) is 0 Å². The summed E-state index contributed by atoms with van der Waals surface area (Å²) in [6, 6.07) is 0. The van der Waals surface area contributed by atoms with Crippen molar-refractivity contribution in [2.75, 3.05) is 13.1 Å². The van der Waals surface area contributed by atoms with Crippen LogP contribution in [0, 0.1) is 0 Å². The third kappa shape index (κ3) is 0.784. The topological polar surface area (TPSA) is 78.5 Å². The van der Waals surface area contributed by atoms with Crippen LogP contribution in [-0.4, -0.2) is 46.8 Å². The molecule has 0 aromatic carbocycles. The average molecular weight is 223 g/mol. The first-order valence-corrected chi connectivity index (χ1v) is 5.40. The summed E-state index contributed by atoms with van der Waals surface area (Å²) in [4.78, 5) is 36.6. The Balaban J connectivity index is 2.04. The fraction of sp³-hybridized carbons (Fsp3) is 0.700. The Morgan fingerprint density at radius 1 is 1.12 bits per heavy atom. The fourth-order valence-electron chi connectivity index (χ4n) is 3.14. The number of β-lactam (4-membered cyclic amide) rings is 2. The van der Waals surface area contributed by atoms with Crippen molar-refractivity contribution in [3.63, 3.8) is 0 Å². The summed E-state index contributed by atoms with van der Waals surface area (Å²) in [6.07, 6.45) is 1.18. The molecule has 3 amide bonds. The van der Waals surface area contributed by atoms with Crippen molar-refractivity contribution >= 4 is 17.7 Å². The van der Waals surface area contributed by atoms with E-state index in [1.807, 2.05) is 0 Å². The summed E-state index contributed by atoms with van der Waals surface area (Å²) in [6.45, 7) is 2.37. The number of nitrogens with one attached hydrogen (secondary N) is 2. The standard InChI is InChI=1S/C10H13N3O3/c1-6(14)13-9(4-11-7(9)15)2-3-10(13)5-12-8(10)16/h2-5H2,1H3,(H,11,15)(H,12,16). The highest BCUT2D eigenvalue weighted by Crippen LogP contribution is 2.46. The lowest BCUT2D eigenvalue weighted by atomic mass is 9.88. The molecule has 0 aromatic heterocycles. The first kappa shape index (κ1) is 9.62. The lowest BCUT2D eigenvalue weighted by Gasteiger charge is -2.52. The summed E-state index contributed by atoms with van der Waals surface area (Å²) < 4.78 is 0. The zero-order chi connectivity index (χ0) is 11.6. The number of carbonyl (C=O) groups excluding carboxylic acids is 3. The van der Waals surface area contributed by atoms with Crippen LogP contribution >= 0.6 is 0 Å². The van der Waals surface area contributed by atoms with Crippen LogP contribution in [0.15, 0.2) is 0 Å². The molecule has 2 spiro atoms. The maximum atomic E-state index is 11.7. The molecule has 86 valence electrons. The molecule has 3 saturated heterocycles. The lowest BCUT2D eigenvalue weighted by Crippen LogP contribution is -2.80. The Morgan fingerprint density at radius 3 is 1.75 bits per heavy atom. The molecule has 2 atom stereocenters. The molecule has 0 aliphatic carbocycles. The lowest BCUT2D eigenvalue weighted by molar-refractivity contribution is -0.165. The second kappa shape index (κ2) is 2.56. The van der Waals surface area contributed by atoms with Crippen LogP contribution in [0.4, 0.5) is 0 Å². The number of nitrogens with zero attached hydrogens (tertiary/aromatic N) is 1. The average Bonchev–Trinajstić information content (AvgIpc) is 2.65. The van der Waals surface area contributed by atoms with Gasteiger partial charge in [0.2, 0.25) is 17.7 Å². The molecular formula is C10H13N3O3. The van der Waals surface area contributed by atoms with Crippen molar-refractivity contribution in [1.29, 1.82) is 0 Å². The number of carbonyl (C=O) groups is 3. The van der Waals surface area contributed by atoms with Crippen LogP contribution < -0.4 is 10.6 Å². The summed E-state index contributed by atoms with van der Waals surface area (Å²) in [5.41, 5.74) is -1.49. The van der Waals surface area contributed by atoms with Crippen LogP contribution in [-0.2, 0) is 14.4 Å². The molecule has 0 radical (unpaired) electrons. The minimum Gasteiger partial charge on any atom is -0.351 e. The maximum Gasteiger partial charge on any atom is 0.247 e. The minimum absolute atomic E-state index is 0.126. The van der Waals surface area contributed by atoms with Crippen molar-refractivity contribution < 1.29 is 14.4 Å². The summed E-state index contributed by atoms with van der Waals surface area (Å²) in [5.74, 6) is -0.444. The molecule has 3 aliphatic heterocycles. The molecule has 2 unspecified atom stereocenters. The van der Waals surface area contributed by atoms with E-state index in [0.29, 0.717) is 25.9 Å². The smallest absolute Gasteiger partial charge is 0.247 e. The second-order valence-corrected chi connectivity index (χ2v) is 4.78. The van der Waals surface area contributed by atoms with Gasteiger partial charge in [0, 0.05) is 6.92 Å². The molecule has 3 aliphatic rings. The van der Waals surface area contributed by atoms with Crippen LogP contribution in [0.1, 0.15) is 19.8 Å². The van der Waals surface area contributed by atoms with Crippen LogP contribution in [0.25, 0.3) is 0 Å². The van der Waals surface area contributed by atoms with Gasteiger partial charge in [0.05, 0.1) is 13.1 Å². The molecule has 0 bridgehead atoms. The Morgan fingerprint density at radius 2 is 1.56 bits per heavy atom. The normalized spacial score (nSPS) is 40.4. The van der Waals surface area contributed by atoms with Crippen LogP contribution in [0.5, 0.6) is 0 Å². The monoisotopic (exact) mass is 223 g/mol. The van der Waals surface area contributed by atoms with E-state index < -0.39 is 11.1 Å². The van der Waals surface area contributed by atoms with Crippen molar-refractivity contribution in [1.82, 2.24) is 15.5 Å². The van der Waals surface area contributed by atoms with E-state index in [-0.39, 0.29) is 17.7 Å². The third-order valence-electron chi connectivity index (χ3n) is 4.05. The number of hydrogen-bond acceptors (Lipinski definition) is 3. The van der Waals surface area contributed by atoms with E-state index in [1.54, 1.807) is 0 Å². The molecular weight excluding hydrogens is 210 g/mol. The largest absolute Gasteiger partial charge is 0.351 e. The van der Waals surface area contributed by atoms with Gasteiger partial charge in [-0.05, 0) is 12.8 Å². The molecule has 6 nitrogen and oxygen atoms in total. The molecule has 3 fully saturated rings. The van der Waals surface area contributed by atoms with Gasteiger partial charge in [-0.3, -0.25) is 14.4 Å². The van der Waals surface area contributed by atoms with E-state index in [9.17, 15) is 14.4 Å². The first-order valence-electron chi connectivity index (χ1n) is 5.40. The zero-order valence-corrected chi connectivity index (χ0v) is 9.00. The van der Waals surface area contributed by atoms with Gasteiger partial charge in [0.1, 0.15) is 11.1 Å². The van der Waals surface area contributed by atoms with Gasteiger partial charge in [-0.1, -0.05) is 0 Å². The molecule has 0 aromatic rings. The first-order chi connectivity index (χ1) is 7.53. The van der Waals surface area contributed by atoms with Gasteiger partial charge in [0.15, 0.2) is 0 Å². The van der Waals surface area contributed by atoms with Gasteiger partial charge in [-0.2, -0.15) is 0 Å². The van der Waals surface area contributed by atoms with Crippen molar-refractivity contribution in [3.05, 3.63) is 0 Å². The zero-order valence-electron chi connectivity index (χ0n) is 9.00. The second-order valence-electron chi connectivity index (χ2n) is 4.78. The maximum absolute atomic E-state index is 11.7. The Bertz CT molecular complexity index is 390. The van der Waals surface area contributed by atoms with Crippen molar-refractivity contribution in [3.8, 4) is 0 Å². The highest BCUT2D eigenvalue weighted by Gasteiger charge is 2.68. The van der Waals surface area contributed by atoms with Gasteiger partial charge >= 0.3 is 0 Å². The molecule has 16 heavy (non-hydrogen) atoms. The number of hydrogen-bond donors (Lipinski definition) is 2. The fourth-order valence-corrected chi connectivity index (χ4v) is 3.14. The van der Waals surface area contributed by atoms with E-state index in [1.165, 1.54) is 11.8 Å². The Labute approximate surface area is 92.4 Å². The quantitative estimate of drug-likeness (QED) is 0.484. The highest BCUT2D eigenvalue weighted by molar-refractivity contribution is 6.03. The summed E-state index contributed by atoms with van der Waals surface area (Å²) in [5, 5.41) is 5.32. The molecule has 3 heterocycles. The van der Waals surface area contributed by atoms with Crippen LogP contribution in [0.2, 0.25) is 0 Å². The van der Waals surface area contributed by atoms with E-state index in [2.05, 4.69) is 10.6 Å². The third-order valence-corrected chi connectivity index (χ3v) is 4.05. The Hall–Kier alpha value is -1.59. The number of amides is 3. The predicted octanol–water partition coefficient (Wildman–Crippen LogP) is -1.63. The van der Waals surface area contributed by atoms with Gasteiger partial charge in [-0.15, -0.1) is 0 Å². The Kier molecular flexibility index (Phi) is 1.54. The molecule has 3 rings (SSSR count). The van der Waals surface area contributed by atoms with Gasteiger partial charge < -0.3 is 15.5 Å². The van der Waals surface area contributed by atoms with Crippen molar-refractivity contribution in [2.45, 2.75) is 30.8 Å². The van der Waals surface area contributed by atoms with Crippen LogP contribution in [0.3, 0.4) is 0 Å². The molecule has 6 heteroatoms. The molecule has 0 saturated carbocycles.